The van der Waals surface area contributed by atoms with Gasteiger partial charge >= 0.3 is 5.97 Å². The second kappa shape index (κ2) is 4.85. The van der Waals surface area contributed by atoms with Crippen molar-refractivity contribution in [3.8, 4) is 5.75 Å². The molecular formula is C16H16ClNO5. The Bertz CT molecular complexity index is 711. The number of aliphatic carboxylic acids is 1. The summed E-state index contributed by atoms with van der Waals surface area (Å²) in [4.78, 5) is 23.8. The Hall–Kier alpha value is -1.79. The number of aryl methyl sites for hydroxylation is 1. The van der Waals surface area contributed by atoms with Crippen LogP contribution in [0.25, 0.3) is 0 Å². The van der Waals surface area contributed by atoms with Crippen molar-refractivity contribution in [1.82, 2.24) is 0 Å². The first kappa shape index (κ1) is 14.8. The van der Waals surface area contributed by atoms with Crippen LogP contribution in [0.5, 0.6) is 5.75 Å². The summed E-state index contributed by atoms with van der Waals surface area (Å²) < 4.78 is 11.0. The van der Waals surface area contributed by atoms with Crippen LogP contribution in [-0.4, -0.2) is 35.8 Å². The highest BCUT2D eigenvalue weighted by molar-refractivity contribution is 6.34. The molecule has 2 saturated heterocycles. The van der Waals surface area contributed by atoms with Gasteiger partial charge in [0.25, 0.3) is 5.91 Å². The summed E-state index contributed by atoms with van der Waals surface area (Å²) >= 11 is 6.22. The molecule has 6 nitrogen and oxygen atoms in total. The average molecular weight is 338 g/mol. The maximum absolute atomic E-state index is 12.5. The first-order valence-corrected chi connectivity index (χ1v) is 7.96. The smallest absolute Gasteiger partial charge is 0.312 e. The van der Waals surface area contributed by atoms with Gasteiger partial charge in [0.2, 0.25) is 0 Å². The van der Waals surface area contributed by atoms with Gasteiger partial charge in [-0.05, 0) is 24.5 Å². The van der Waals surface area contributed by atoms with E-state index >= 15 is 0 Å². The number of nitrogens with one attached hydrogen (secondary N) is 1. The van der Waals surface area contributed by atoms with Gasteiger partial charge in [0, 0.05) is 18.9 Å². The molecule has 1 aliphatic carbocycles. The number of carbonyl (C=O) groups excluding carboxylic acids is 1. The third kappa shape index (κ3) is 2.12. The van der Waals surface area contributed by atoms with Gasteiger partial charge in [-0.2, -0.15) is 0 Å². The van der Waals surface area contributed by atoms with Crippen molar-refractivity contribution < 1.29 is 24.2 Å². The van der Waals surface area contributed by atoms with E-state index in [-0.39, 0.29) is 25.4 Å². The molecule has 0 aromatic heterocycles. The van der Waals surface area contributed by atoms with E-state index in [9.17, 15) is 14.7 Å². The average Bonchev–Trinajstić information content (AvgIpc) is 3.05. The van der Waals surface area contributed by atoms with Crippen molar-refractivity contribution in [1.29, 1.82) is 0 Å². The number of halogens is 1. The first-order valence-electron chi connectivity index (χ1n) is 7.58. The van der Waals surface area contributed by atoms with Gasteiger partial charge in [0.1, 0.15) is 11.4 Å². The number of fused-ring (bicyclic) bond motifs is 2. The minimum absolute atomic E-state index is 0.0848. The zero-order valence-electron chi connectivity index (χ0n) is 12.4. The first-order chi connectivity index (χ1) is 10.9. The molecule has 122 valence electrons. The van der Waals surface area contributed by atoms with E-state index in [1.54, 1.807) is 6.07 Å². The van der Waals surface area contributed by atoms with Crippen molar-refractivity contribution in [3.05, 3.63) is 22.7 Å². The van der Waals surface area contributed by atoms with Gasteiger partial charge in [-0.25, -0.2) is 0 Å². The number of ether oxygens (including phenoxy) is 2. The third-order valence-corrected chi connectivity index (χ3v) is 5.30. The molecule has 0 spiro atoms. The lowest BCUT2D eigenvalue weighted by Gasteiger charge is -2.40. The summed E-state index contributed by atoms with van der Waals surface area (Å²) in [5.41, 5.74) is -0.410. The van der Waals surface area contributed by atoms with E-state index in [0.29, 0.717) is 17.3 Å². The molecule has 0 atom stereocenters. The number of rotatable bonds is 3. The van der Waals surface area contributed by atoms with Gasteiger partial charge in [0.05, 0.1) is 29.3 Å². The number of amides is 1. The standard InChI is InChI=1S/C16H16ClNO5/c17-10-5-12-9(2-1-3-22-12)4-11(10)18-13(19)16-6-15(7-16,8-23-16)14(20)21/h4-5H,1-3,6-8H2,(H,18,19)(H,20,21). The monoisotopic (exact) mass is 337 g/mol. The van der Waals surface area contributed by atoms with Crippen LogP contribution in [0.15, 0.2) is 12.1 Å². The number of carboxylic acid groups (broad SMARTS) is 1. The van der Waals surface area contributed by atoms with Gasteiger partial charge in [-0.1, -0.05) is 11.6 Å². The van der Waals surface area contributed by atoms with E-state index in [4.69, 9.17) is 21.1 Å². The van der Waals surface area contributed by atoms with E-state index < -0.39 is 17.0 Å². The minimum atomic E-state index is -1.03. The van der Waals surface area contributed by atoms with Crippen LogP contribution in [0.2, 0.25) is 5.02 Å². The lowest BCUT2D eigenvalue weighted by atomic mass is 9.62. The lowest BCUT2D eigenvalue weighted by molar-refractivity contribution is -0.156. The molecule has 2 bridgehead atoms. The number of carboxylic acids is 1. The second-order valence-electron chi connectivity index (χ2n) is 6.57. The Morgan fingerprint density at radius 1 is 1.30 bits per heavy atom. The molecule has 4 aliphatic rings. The quantitative estimate of drug-likeness (QED) is 0.883. The largest absolute Gasteiger partial charge is 0.493 e. The summed E-state index contributed by atoms with van der Waals surface area (Å²) in [5.74, 6) is -0.476. The van der Waals surface area contributed by atoms with Gasteiger partial charge in [-0.15, -0.1) is 0 Å². The molecule has 0 radical (unpaired) electrons. The zero-order chi connectivity index (χ0) is 16.2. The Labute approximate surface area is 137 Å². The van der Waals surface area contributed by atoms with Crippen molar-refractivity contribution >= 4 is 29.2 Å². The Balaban J connectivity index is 1.53. The van der Waals surface area contributed by atoms with Crippen LogP contribution in [0.4, 0.5) is 5.69 Å². The Kier molecular flexibility index (Phi) is 3.12. The van der Waals surface area contributed by atoms with Crippen molar-refractivity contribution in [2.45, 2.75) is 31.3 Å². The molecule has 5 rings (SSSR count). The number of carbonyl (C=O) groups is 2. The molecule has 0 unspecified atom stereocenters. The SMILES string of the molecule is O=C(O)C12COC(C(=O)Nc3cc4c(cc3Cl)OCCC4)(C1)C2. The third-order valence-electron chi connectivity index (χ3n) is 4.99. The fourth-order valence-electron chi connectivity index (χ4n) is 3.67. The molecule has 23 heavy (non-hydrogen) atoms. The van der Waals surface area contributed by atoms with E-state index in [2.05, 4.69) is 5.32 Å². The Morgan fingerprint density at radius 2 is 2.09 bits per heavy atom. The molecule has 1 amide bonds. The highest BCUT2D eigenvalue weighted by atomic mass is 35.5. The van der Waals surface area contributed by atoms with Crippen LogP contribution >= 0.6 is 11.6 Å². The summed E-state index contributed by atoms with van der Waals surface area (Å²) in [7, 11) is 0. The van der Waals surface area contributed by atoms with Crippen molar-refractivity contribution in [2.24, 2.45) is 5.41 Å². The minimum Gasteiger partial charge on any atom is -0.493 e. The van der Waals surface area contributed by atoms with E-state index in [1.807, 2.05) is 6.07 Å². The molecule has 3 fully saturated rings. The van der Waals surface area contributed by atoms with Gasteiger partial charge in [-0.3, -0.25) is 9.59 Å². The number of hydrogen-bond acceptors (Lipinski definition) is 4. The number of benzene rings is 1. The highest BCUT2D eigenvalue weighted by Gasteiger charge is 2.70. The van der Waals surface area contributed by atoms with Crippen molar-refractivity contribution in [2.75, 3.05) is 18.5 Å². The highest BCUT2D eigenvalue weighted by Crippen LogP contribution is 2.58. The maximum atomic E-state index is 12.5. The van der Waals surface area contributed by atoms with Crippen LogP contribution in [0.3, 0.4) is 0 Å². The predicted octanol–water partition coefficient (Wildman–Crippen LogP) is 2.24. The molecule has 3 heterocycles. The molecule has 7 heteroatoms. The van der Waals surface area contributed by atoms with Crippen LogP contribution in [-0.2, 0) is 20.7 Å². The number of anilines is 1. The molecule has 1 aromatic carbocycles. The van der Waals surface area contributed by atoms with Crippen LogP contribution in [0, 0.1) is 5.41 Å². The summed E-state index contributed by atoms with van der Waals surface area (Å²) in [6.45, 7) is 0.755. The molecule has 3 aliphatic heterocycles. The topological polar surface area (TPSA) is 84.9 Å². The second-order valence-corrected chi connectivity index (χ2v) is 6.98. The molecule has 1 saturated carbocycles. The van der Waals surface area contributed by atoms with Crippen molar-refractivity contribution in [3.63, 3.8) is 0 Å². The Morgan fingerprint density at radius 3 is 2.78 bits per heavy atom. The molecular weight excluding hydrogens is 322 g/mol. The lowest BCUT2D eigenvalue weighted by Crippen LogP contribution is -2.55. The number of hydrogen-bond donors (Lipinski definition) is 2. The zero-order valence-corrected chi connectivity index (χ0v) is 13.1. The van der Waals surface area contributed by atoms with Gasteiger partial charge < -0.3 is 19.9 Å². The summed E-state index contributed by atoms with van der Waals surface area (Å²) in [6, 6.07) is 3.53. The molecule has 2 N–H and O–H groups in total. The fourth-order valence-corrected chi connectivity index (χ4v) is 3.87. The summed E-state index contributed by atoms with van der Waals surface area (Å²) in [5, 5.41) is 12.4. The fraction of sp³-hybridized carbons (Fsp3) is 0.500. The predicted molar refractivity (Wildman–Crippen MR) is 81.9 cm³/mol. The maximum Gasteiger partial charge on any atom is 0.312 e. The summed E-state index contributed by atoms with van der Waals surface area (Å²) in [6.07, 6.45) is 2.23. The van der Waals surface area contributed by atoms with Gasteiger partial charge in [0.15, 0.2) is 0 Å². The van der Waals surface area contributed by atoms with E-state index in [1.165, 1.54) is 0 Å². The molecule has 1 aromatic rings. The van der Waals surface area contributed by atoms with Crippen LogP contribution in [0.1, 0.15) is 24.8 Å². The van der Waals surface area contributed by atoms with E-state index in [0.717, 1.165) is 24.2 Å². The normalized spacial score (nSPS) is 30.8. The van der Waals surface area contributed by atoms with Crippen LogP contribution < -0.4 is 10.1 Å².